The molecule has 4 rings (SSSR count). The molecule has 164 valence electrons. The molecule has 3 heterocycles. The number of nitrogens with one attached hydrogen (secondary N) is 1. The fraction of sp³-hybridized carbons (Fsp3) is 0.150. The van der Waals surface area contributed by atoms with E-state index in [4.69, 9.17) is 16.0 Å². The van der Waals surface area contributed by atoms with Crippen LogP contribution in [0, 0.1) is 6.92 Å². The van der Waals surface area contributed by atoms with E-state index in [0.29, 0.717) is 5.69 Å². The van der Waals surface area contributed by atoms with E-state index in [2.05, 4.69) is 30.2 Å². The minimum Gasteiger partial charge on any atom is -0.421 e. The SMILES string of the molecule is Cc1nnc(-c2cc(OC(F)(F)F)cc3c(Cl)cc(C(=O)NCc4ccccn4)nc23)o1. The number of benzene rings is 1. The highest BCUT2D eigenvalue weighted by Crippen LogP contribution is 2.37. The third-order valence-electron chi connectivity index (χ3n) is 4.22. The van der Waals surface area contributed by atoms with Crippen LogP contribution in [0.3, 0.4) is 0 Å². The van der Waals surface area contributed by atoms with Gasteiger partial charge in [0, 0.05) is 18.5 Å². The standard InChI is InChI=1S/C20H13ClF3N5O3/c1-10-28-29-19(31-10)14-7-12(32-20(22,23)24)6-13-15(21)8-16(27-17(13)14)18(30)26-9-11-4-2-3-5-25-11/h2-8H,9H2,1H3,(H,26,30). The zero-order chi connectivity index (χ0) is 22.9. The summed E-state index contributed by atoms with van der Waals surface area (Å²) in [6.45, 7) is 1.66. The summed E-state index contributed by atoms with van der Waals surface area (Å²) in [6.07, 6.45) is -3.34. The van der Waals surface area contributed by atoms with Crippen molar-refractivity contribution >= 4 is 28.4 Å². The van der Waals surface area contributed by atoms with Crippen molar-refractivity contribution in [2.24, 2.45) is 0 Å². The van der Waals surface area contributed by atoms with Crippen LogP contribution in [0.5, 0.6) is 5.75 Å². The van der Waals surface area contributed by atoms with E-state index < -0.39 is 18.0 Å². The zero-order valence-electron chi connectivity index (χ0n) is 16.3. The third-order valence-corrected chi connectivity index (χ3v) is 4.53. The molecule has 12 heteroatoms. The number of alkyl halides is 3. The lowest BCUT2D eigenvalue weighted by atomic mass is 10.1. The summed E-state index contributed by atoms with van der Waals surface area (Å²) in [6, 6.07) is 8.62. The predicted molar refractivity (Wildman–Crippen MR) is 107 cm³/mol. The number of hydrogen-bond donors (Lipinski definition) is 1. The average Bonchev–Trinajstić information content (AvgIpc) is 3.17. The fourth-order valence-corrected chi connectivity index (χ4v) is 3.15. The smallest absolute Gasteiger partial charge is 0.421 e. The van der Waals surface area contributed by atoms with Crippen molar-refractivity contribution in [3.63, 3.8) is 0 Å². The molecule has 0 bridgehead atoms. The molecule has 0 aliphatic rings. The van der Waals surface area contributed by atoms with Gasteiger partial charge >= 0.3 is 6.36 Å². The largest absolute Gasteiger partial charge is 0.573 e. The maximum Gasteiger partial charge on any atom is 0.573 e. The molecule has 1 N–H and O–H groups in total. The van der Waals surface area contributed by atoms with Gasteiger partial charge in [0.25, 0.3) is 5.91 Å². The van der Waals surface area contributed by atoms with Crippen LogP contribution in [0.1, 0.15) is 22.1 Å². The molecular weight excluding hydrogens is 451 g/mol. The minimum absolute atomic E-state index is 0.0110. The van der Waals surface area contributed by atoms with Crippen LogP contribution in [-0.2, 0) is 6.54 Å². The monoisotopic (exact) mass is 463 g/mol. The van der Waals surface area contributed by atoms with Gasteiger partial charge in [-0.2, -0.15) is 0 Å². The van der Waals surface area contributed by atoms with Gasteiger partial charge in [-0.1, -0.05) is 17.7 Å². The van der Waals surface area contributed by atoms with Crippen LogP contribution in [0.2, 0.25) is 5.02 Å². The van der Waals surface area contributed by atoms with E-state index in [1.165, 1.54) is 13.0 Å². The summed E-state index contributed by atoms with van der Waals surface area (Å²) >= 11 is 6.30. The molecule has 4 aromatic rings. The minimum atomic E-state index is -4.93. The second-order valence-corrected chi connectivity index (χ2v) is 6.94. The molecule has 0 atom stereocenters. The molecule has 8 nitrogen and oxygen atoms in total. The first-order valence-corrected chi connectivity index (χ1v) is 9.46. The number of carbonyl (C=O) groups excluding carboxylic acids is 1. The quantitative estimate of drug-likeness (QED) is 0.465. The van der Waals surface area contributed by atoms with Crippen LogP contribution in [0.25, 0.3) is 22.4 Å². The van der Waals surface area contributed by atoms with Gasteiger partial charge in [-0.05, 0) is 30.3 Å². The lowest BCUT2D eigenvalue weighted by Gasteiger charge is -2.13. The van der Waals surface area contributed by atoms with Crippen molar-refractivity contribution in [3.05, 3.63) is 64.9 Å². The Morgan fingerprint density at radius 2 is 2.03 bits per heavy atom. The Bertz CT molecular complexity index is 1300. The van der Waals surface area contributed by atoms with Crippen molar-refractivity contribution in [1.82, 2.24) is 25.5 Å². The van der Waals surface area contributed by atoms with Gasteiger partial charge in [-0.25, -0.2) is 4.98 Å². The molecule has 0 saturated carbocycles. The van der Waals surface area contributed by atoms with Crippen LogP contribution in [0.4, 0.5) is 13.2 Å². The predicted octanol–water partition coefficient (Wildman–Crippen LogP) is 4.47. The number of rotatable bonds is 5. The number of halogens is 4. The average molecular weight is 464 g/mol. The lowest BCUT2D eigenvalue weighted by molar-refractivity contribution is -0.274. The topological polar surface area (TPSA) is 103 Å². The first-order valence-electron chi connectivity index (χ1n) is 9.08. The number of pyridine rings is 2. The van der Waals surface area contributed by atoms with Crippen molar-refractivity contribution in [2.45, 2.75) is 19.8 Å². The Morgan fingerprint density at radius 3 is 2.69 bits per heavy atom. The maximum atomic E-state index is 12.8. The van der Waals surface area contributed by atoms with E-state index in [1.54, 1.807) is 24.4 Å². The number of carbonyl (C=O) groups is 1. The molecule has 1 aromatic carbocycles. The van der Waals surface area contributed by atoms with Gasteiger partial charge in [0.2, 0.25) is 11.8 Å². The molecule has 0 fully saturated rings. The normalized spacial score (nSPS) is 11.5. The summed E-state index contributed by atoms with van der Waals surface area (Å²) in [7, 11) is 0. The summed E-state index contributed by atoms with van der Waals surface area (Å²) < 4.78 is 47.8. The molecule has 3 aromatic heterocycles. The van der Waals surface area contributed by atoms with Gasteiger partial charge in [0.15, 0.2) is 0 Å². The molecule has 0 aliphatic carbocycles. The second-order valence-electron chi connectivity index (χ2n) is 6.53. The van der Waals surface area contributed by atoms with Crippen LogP contribution < -0.4 is 10.1 Å². The highest BCUT2D eigenvalue weighted by atomic mass is 35.5. The van der Waals surface area contributed by atoms with Gasteiger partial charge in [0.05, 0.1) is 28.3 Å². The van der Waals surface area contributed by atoms with Crippen LogP contribution >= 0.6 is 11.6 Å². The van der Waals surface area contributed by atoms with Crippen molar-refractivity contribution in [2.75, 3.05) is 0 Å². The van der Waals surface area contributed by atoms with Crippen molar-refractivity contribution in [1.29, 1.82) is 0 Å². The van der Waals surface area contributed by atoms with Crippen LogP contribution in [-0.4, -0.2) is 32.4 Å². The Morgan fingerprint density at radius 1 is 1.22 bits per heavy atom. The number of aryl methyl sites for hydroxylation is 1. The van der Waals surface area contributed by atoms with Gasteiger partial charge < -0.3 is 14.5 Å². The summed E-state index contributed by atoms with van der Waals surface area (Å²) in [5.74, 6) is -1.02. The number of amides is 1. The van der Waals surface area contributed by atoms with Crippen LogP contribution in [0.15, 0.2) is 47.0 Å². The molecule has 0 saturated heterocycles. The Hall–Kier alpha value is -3.73. The second kappa shape index (κ2) is 8.42. The van der Waals surface area contributed by atoms with E-state index in [0.717, 1.165) is 12.1 Å². The summed E-state index contributed by atoms with van der Waals surface area (Å²) in [5, 5.41) is 10.3. The zero-order valence-corrected chi connectivity index (χ0v) is 17.0. The highest BCUT2D eigenvalue weighted by molar-refractivity contribution is 6.36. The lowest BCUT2D eigenvalue weighted by Crippen LogP contribution is -2.24. The highest BCUT2D eigenvalue weighted by Gasteiger charge is 2.32. The van der Waals surface area contributed by atoms with E-state index in [-0.39, 0.29) is 45.5 Å². The number of nitrogens with zero attached hydrogens (tertiary/aromatic N) is 4. The van der Waals surface area contributed by atoms with E-state index in [9.17, 15) is 18.0 Å². The maximum absolute atomic E-state index is 12.8. The third kappa shape index (κ3) is 4.78. The van der Waals surface area contributed by atoms with Gasteiger partial charge in [-0.15, -0.1) is 23.4 Å². The van der Waals surface area contributed by atoms with E-state index >= 15 is 0 Å². The molecule has 0 aliphatic heterocycles. The Balaban J connectivity index is 1.77. The Kier molecular flexibility index (Phi) is 5.66. The van der Waals surface area contributed by atoms with Crippen molar-refractivity contribution < 1.29 is 27.1 Å². The molecule has 1 amide bonds. The molecule has 32 heavy (non-hydrogen) atoms. The first kappa shape index (κ1) is 21.5. The molecule has 0 unspecified atom stereocenters. The van der Waals surface area contributed by atoms with E-state index in [1.807, 2.05) is 0 Å². The van der Waals surface area contributed by atoms with Crippen molar-refractivity contribution in [3.8, 4) is 17.2 Å². The molecule has 0 radical (unpaired) electrons. The number of hydrogen-bond acceptors (Lipinski definition) is 7. The molecule has 0 spiro atoms. The summed E-state index contributed by atoms with van der Waals surface area (Å²) in [4.78, 5) is 21.0. The molecular formula is C20H13ClF3N5O3. The van der Waals surface area contributed by atoms with Gasteiger partial charge in [-0.3, -0.25) is 9.78 Å². The fourth-order valence-electron chi connectivity index (χ4n) is 2.90. The summed E-state index contributed by atoms with van der Waals surface area (Å²) in [5.41, 5.74) is 0.700. The number of aromatic nitrogens is 4. The number of fused-ring (bicyclic) bond motifs is 1. The van der Waals surface area contributed by atoms with Gasteiger partial charge in [0.1, 0.15) is 11.4 Å². The first-order chi connectivity index (χ1) is 15.2. The Labute approximate surface area is 183 Å². The number of ether oxygens (including phenoxy) is 1.